The molecule has 4 rings (SSSR count). The lowest BCUT2D eigenvalue weighted by molar-refractivity contribution is 0.102. The van der Waals surface area contributed by atoms with Gasteiger partial charge >= 0.3 is 0 Å². The number of hydrogen-bond donors (Lipinski definition) is 1. The van der Waals surface area contributed by atoms with Gasteiger partial charge in [-0.1, -0.05) is 18.2 Å². The zero-order chi connectivity index (χ0) is 20.7. The van der Waals surface area contributed by atoms with E-state index in [1.54, 1.807) is 22.9 Å². The number of anilines is 1. The predicted molar refractivity (Wildman–Crippen MR) is 112 cm³/mol. The van der Waals surface area contributed by atoms with Crippen LogP contribution in [0, 0.1) is 33.5 Å². The largest absolute Gasteiger partial charge is 0.321 e. The minimum Gasteiger partial charge on any atom is -0.321 e. The van der Waals surface area contributed by atoms with Crippen LogP contribution in [-0.2, 0) is 0 Å². The van der Waals surface area contributed by atoms with Crippen LogP contribution in [0.25, 0.3) is 16.7 Å². The minimum atomic E-state index is -0.320. The van der Waals surface area contributed by atoms with Crippen LogP contribution in [0.1, 0.15) is 32.9 Å². The van der Waals surface area contributed by atoms with Crippen molar-refractivity contribution in [3.63, 3.8) is 0 Å². The lowest BCUT2D eigenvalue weighted by Crippen LogP contribution is -2.15. The Bertz CT molecular complexity index is 1220. The number of aromatic nitrogens is 3. The van der Waals surface area contributed by atoms with E-state index in [0.29, 0.717) is 33.7 Å². The van der Waals surface area contributed by atoms with Gasteiger partial charge < -0.3 is 5.32 Å². The quantitative estimate of drug-likeness (QED) is 0.534. The first-order valence-corrected chi connectivity index (χ1v) is 9.35. The number of nitrogens with one attached hydrogen (secondary N) is 1. The number of rotatable bonds is 3. The van der Waals surface area contributed by atoms with Crippen LogP contribution < -0.4 is 5.32 Å². The summed E-state index contributed by atoms with van der Waals surface area (Å²) in [6.07, 6.45) is 0. The maximum Gasteiger partial charge on any atom is 0.256 e. The van der Waals surface area contributed by atoms with Crippen molar-refractivity contribution in [2.24, 2.45) is 0 Å². The van der Waals surface area contributed by atoms with Crippen molar-refractivity contribution in [1.29, 1.82) is 0 Å². The third kappa shape index (κ3) is 3.38. The van der Waals surface area contributed by atoms with Crippen LogP contribution in [0.5, 0.6) is 0 Å². The zero-order valence-corrected chi connectivity index (χ0v) is 16.7. The van der Waals surface area contributed by atoms with E-state index in [4.69, 9.17) is 0 Å². The number of amides is 1. The molecule has 29 heavy (non-hydrogen) atoms. The van der Waals surface area contributed by atoms with Crippen molar-refractivity contribution in [2.75, 3.05) is 5.32 Å². The van der Waals surface area contributed by atoms with Gasteiger partial charge in [0.2, 0.25) is 0 Å². The van der Waals surface area contributed by atoms with Gasteiger partial charge in [0.1, 0.15) is 5.82 Å². The van der Waals surface area contributed by atoms with Crippen LogP contribution >= 0.6 is 0 Å². The summed E-state index contributed by atoms with van der Waals surface area (Å²) in [4.78, 5) is 17.8. The summed E-state index contributed by atoms with van der Waals surface area (Å²) in [6.45, 7) is 7.61. The molecule has 1 amide bonds. The third-order valence-electron chi connectivity index (χ3n) is 4.98. The molecular weight excluding hydrogens is 367 g/mol. The summed E-state index contributed by atoms with van der Waals surface area (Å²) in [7, 11) is 0. The van der Waals surface area contributed by atoms with Crippen molar-refractivity contribution in [3.8, 4) is 5.69 Å². The van der Waals surface area contributed by atoms with Crippen LogP contribution in [0.15, 0.2) is 48.5 Å². The maximum atomic E-state index is 13.3. The van der Waals surface area contributed by atoms with E-state index < -0.39 is 0 Å². The normalized spacial score (nSPS) is 11.1. The number of nitrogens with zero attached hydrogens (tertiary/aromatic N) is 3. The summed E-state index contributed by atoms with van der Waals surface area (Å²) < 4.78 is 15.0. The molecule has 0 fully saturated rings. The molecule has 0 saturated heterocycles. The molecule has 0 atom stereocenters. The molecule has 2 heterocycles. The van der Waals surface area contributed by atoms with Gasteiger partial charge in [0.05, 0.1) is 22.3 Å². The highest BCUT2D eigenvalue weighted by Crippen LogP contribution is 2.27. The molecule has 0 saturated carbocycles. The standard InChI is InChI=1S/C23H21FN4O/c1-13-6-5-7-14(2)21(13)26-23(29)19-12-15(3)25-22-20(19)16(4)27-28(22)18-10-8-17(24)9-11-18/h5-12H,1-4H3,(H,26,29). The van der Waals surface area contributed by atoms with Gasteiger partial charge in [-0.3, -0.25) is 4.79 Å². The van der Waals surface area contributed by atoms with E-state index >= 15 is 0 Å². The molecule has 1 N–H and O–H groups in total. The SMILES string of the molecule is Cc1cc(C(=O)Nc2c(C)cccc2C)c2c(C)nn(-c3ccc(F)cc3)c2n1. The highest BCUT2D eigenvalue weighted by Gasteiger charge is 2.20. The van der Waals surface area contributed by atoms with Gasteiger partial charge in [0, 0.05) is 11.4 Å². The average Bonchev–Trinajstić information content (AvgIpc) is 3.01. The van der Waals surface area contributed by atoms with E-state index in [2.05, 4.69) is 15.4 Å². The summed E-state index contributed by atoms with van der Waals surface area (Å²) in [5, 5.41) is 8.30. The van der Waals surface area contributed by atoms with Gasteiger partial charge in [0.15, 0.2) is 5.65 Å². The number of carbonyl (C=O) groups is 1. The molecule has 2 aromatic carbocycles. The fraction of sp³-hybridized carbons (Fsp3) is 0.174. The molecule has 0 radical (unpaired) electrons. The number of halogens is 1. The van der Waals surface area contributed by atoms with E-state index in [1.165, 1.54) is 12.1 Å². The smallest absolute Gasteiger partial charge is 0.256 e. The second kappa shape index (κ2) is 7.13. The molecule has 0 bridgehead atoms. The number of fused-ring (bicyclic) bond motifs is 1. The highest BCUT2D eigenvalue weighted by molar-refractivity contribution is 6.13. The Morgan fingerprint density at radius 1 is 1.00 bits per heavy atom. The molecule has 146 valence electrons. The van der Waals surface area contributed by atoms with Crippen molar-refractivity contribution in [3.05, 3.63) is 82.4 Å². The molecule has 0 unspecified atom stereocenters. The summed E-state index contributed by atoms with van der Waals surface area (Å²) in [5.74, 6) is -0.528. The fourth-order valence-electron chi connectivity index (χ4n) is 3.55. The molecule has 0 aliphatic carbocycles. The van der Waals surface area contributed by atoms with E-state index in [0.717, 1.165) is 16.8 Å². The fourth-order valence-corrected chi connectivity index (χ4v) is 3.55. The van der Waals surface area contributed by atoms with Crippen LogP contribution in [-0.4, -0.2) is 20.7 Å². The van der Waals surface area contributed by atoms with Gasteiger partial charge in [-0.2, -0.15) is 5.10 Å². The molecule has 0 aliphatic heterocycles. The van der Waals surface area contributed by atoms with Crippen molar-refractivity contribution in [2.45, 2.75) is 27.7 Å². The number of benzene rings is 2. The lowest BCUT2D eigenvalue weighted by Gasteiger charge is -2.12. The maximum absolute atomic E-state index is 13.3. The second-order valence-electron chi connectivity index (χ2n) is 7.20. The Hall–Kier alpha value is -3.54. The molecular formula is C23H21FN4O. The van der Waals surface area contributed by atoms with Crippen molar-refractivity contribution in [1.82, 2.24) is 14.8 Å². The number of carbonyl (C=O) groups excluding carboxylic acids is 1. The number of aryl methyl sites for hydroxylation is 4. The van der Waals surface area contributed by atoms with Crippen molar-refractivity contribution < 1.29 is 9.18 Å². The minimum absolute atomic E-state index is 0.209. The van der Waals surface area contributed by atoms with E-state index in [9.17, 15) is 9.18 Å². The van der Waals surface area contributed by atoms with Crippen LogP contribution in [0.4, 0.5) is 10.1 Å². The average molecular weight is 388 g/mol. The van der Waals surface area contributed by atoms with Crippen LogP contribution in [0.3, 0.4) is 0 Å². The number of para-hydroxylation sites is 1. The summed E-state index contributed by atoms with van der Waals surface area (Å²) in [5.41, 5.74) is 5.96. The third-order valence-corrected chi connectivity index (χ3v) is 4.98. The molecule has 4 aromatic rings. The van der Waals surface area contributed by atoms with E-state index in [-0.39, 0.29) is 11.7 Å². The zero-order valence-electron chi connectivity index (χ0n) is 16.7. The number of hydrogen-bond acceptors (Lipinski definition) is 3. The van der Waals surface area contributed by atoms with Gasteiger partial charge in [0.25, 0.3) is 5.91 Å². The van der Waals surface area contributed by atoms with Gasteiger partial charge in [-0.05, 0) is 69.2 Å². The topological polar surface area (TPSA) is 59.8 Å². The highest BCUT2D eigenvalue weighted by atomic mass is 19.1. The van der Waals surface area contributed by atoms with Crippen molar-refractivity contribution >= 4 is 22.6 Å². The first-order chi connectivity index (χ1) is 13.8. The Kier molecular flexibility index (Phi) is 4.62. The van der Waals surface area contributed by atoms with Crippen LogP contribution in [0.2, 0.25) is 0 Å². The lowest BCUT2D eigenvalue weighted by atomic mass is 10.1. The Morgan fingerprint density at radius 3 is 2.31 bits per heavy atom. The summed E-state index contributed by atoms with van der Waals surface area (Å²) >= 11 is 0. The predicted octanol–water partition coefficient (Wildman–Crippen LogP) is 5.05. The first-order valence-electron chi connectivity index (χ1n) is 9.35. The summed E-state index contributed by atoms with van der Waals surface area (Å²) in [6, 6.07) is 13.7. The first kappa shape index (κ1) is 18.8. The van der Waals surface area contributed by atoms with E-state index in [1.807, 2.05) is 45.9 Å². The molecule has 0 aliphatic rings. The monoisotopic (exact) mass is 388 g/mol. The van der Waals surface area contributed by atoms with Gasteiger partial charge in [-0.15, -0.1) is 0 Å². The molecule has 5 nitrogen and oxygen atoms in total. The second-order valence-corrected chi connectivity index (χ2v) is 7.20. The molecule has 2 aromatic heterocycles. The molecule has 0 spiro atoms. The molecule has 6 heteroatoms. The Morgan fingerprint density at radius 2 is 1.66 bits per heavy atom. The number of pyridine rings is 1. The Labute approximate surface area is 168 Å². The Balaban J connectivity index is 1.85. The van der Waals surface area contributed by atoms with Gasteiger partial charge in [-0.25, -0.2) is 14.1 Å².